The lowest BCUT2D eigenvalue weighted by Crippen LogP contribution is -2.22. The number of rotatable bonds is 8. The third-order valence-corrected chi connectivity index (χ3v) is 3.64. The van der Waals surface area contributed by atoms with Crippen LogP contribution in [0.1, 0.15) is 12.5 Å². The number of halogens is 1. The van der Waals surface area contributed by atoms with Gasteiger partial charge in [-0.1, -0.05) is 23.7 Å². The molecule has 138 valence electrons. The first kappa shape index (κ1) is 19.6. The minimum absolute atomic E-state index is 0.0491. The van der Waals surface area contributed by atoms with E-state index in [2.05, 4.69) is 5.32 Å². The number of anilines is 1. The van der Waals surface area contributed by atoms with Crippen LogP contribution in [0.5, 0.6) is 11.5 Å². The zero-order valence-corrected chi connectivity index (χ0v) is 15.3. The quantitative estimate of drug-likeness (QED) is 0.713. The van der Waals surface area contributed by atoms with E-state index in [-0.39, 0.29) is 6.42 Å². The Balaban J connectivity index is 1.90. The number of carbonyl (C=O) groups is 2. The minimum Gasteiger partial charge on any atom is -0.496 e. The second-order valence-corrected chi connectivity index (χ2v) is 5.71. The fourth-order valence-electron chi connectivity index (χ4n) is 2.28. The smallest absolute Gasteiger partial charge is 0.310 e. The summed E-state index contributed by atoms with van der Waals surface area (Å²) in [6.07, 6.45) is -0.0491. The van der Waals surface area contributed by atoms with Crippen molar-refractivity contribution < 1.29 is 23.8 Å². The average molecular weight is 378 g/mol. The van der Waals surface area contributed by atoms with Crippen molar-refractivity contribution in [3.05, 3.63) is 53.1 Å². The number of hydrogen-bond donors (Lipinski definition) is 1. The minimum atomic E-state index is -0.557. The van der Waals surface area contributed by atoms with Crippen LogP contribution in [0.15, 0.2) is 42.5 Å². The Hall–Kier alpha value is -2.73. The predicted octanol–water partition coefficient (Wildman–Crippen LogP) is 3.47. The molecule has 1 N–H and O–H groups in total. The number of ether oxygens (including phenoxy) is 3. The molecule has 0 heterocycles. The van der Waals surface area contributed by atoms with Crippen LogP contribution < -0.4 is 14.8 Å². The van der Waals surface area contributed by atoms with Crippen molar-refractivity contribution in [1.29, 1.82) is 0 Å². The first-order chi connectivity index (χ1) is 12.5. The summed E-state index contributed by atoms with van der Waals surface area (Å²) >= 11 is 5.93. The van der Waals surface area contributed by atoms with Crippen molar-refractivity contribution in [3.8, 4) is 11.5 Å². The van der Waals surface area contributed by atoms with E-state index in [0.717, 1.165) is 0 Å². The van der Waals surface area contributed by atoms with Crippen molar-refractivity contribution >= 4 is 29.2 Å². The molecule has 1 amide bonds. The number of para-hydroxylation sites is 2. The van der Waals surface area contributed by atoms with E-state index in [1.165, 1.54) is 7.11 Å². The molecule has 2 aromatic rings. The highest BCUT2D eigenvalue weighted by Gasteiger charge is 2.13. The molecule has 7 heteroatoms. The van der Waals surface area contributed by atoms with Crippen molar-refractivity contribution in [1.82, 2.24) is 0 Å². The molecular weight excluding hydrogens is 358 g/mol. The van der Waals surface area contributed by atoms with Crippen LogP contribution in [0.25, 0.3) is 0 Å². The van der Waals surface area contributed by atoms with Crippen LogP contribution in [0.2, 0.25) is 5.02 Å². The van der Waals surface area contributed by atoms with Crippen LogP contribution in [0.3, 0.4) is 0 Å². The van der Waals surface area contributed by atoms with E-state index >= 15 is 0 Å². The van der Waals surface area contributed by atoms with Crippen LogP contribution in [0.4, 0.5) is 5.69 Å². The number of nitrogens with one attached hydrogen (secondary N) is 1. The zero-order chi connectivity index (χ0) is 18.9. The van der Waals surface area contributed by atoms with Gasteiger partial charge in [-0.05, 0) is 37.3 Å². The van der Waals surface area contributed by atoms with E-state index in [4.69, 9.17) is 25.8 Å². The molecule has 0 fully saturated rings. The highest BCUT2D eigenvalue weighted by molar-refractivity contribution is 6.30. The van der Waals surface area contributed by atoms with Crippen molar-refractivity contribution in [2.75, 3.05) is 25.6 Å². The van der Waals surface area contributed by atoms with Gasteiger partial charge in [0.25, 0.3) is 5.91 Å². The van der Waals surface area contributed by atoms with Gasteiger partial charge in [0.2, 0.25) is 0 Å². The number of amides is 1. The molecule has 0 aliphatic heterocycles. The fraction of sp³-hybridized carbons (Fsp3) is 0.263. The van der Waals surface area contributed by atoms with E-state index in [9.17, 15) is 9.59 Å². The zero-order valence-electron chi connectivity index (χ0n) is 14.6. The SMILES string of the molecule is CCOc1ccccc1NC(=O)COC(=O)Cc1cc(Cl)ccc1OC. The molecule has 26 heavy (non-hydrogen) atoms. The highest BCUT2D eigenvalue weighted by atomic mass is 35.5. The summed E-state index contributed by atoms with van der Waals surface area (Å²) in [7, 11) is 1.50. The number of carbonyl (C=O) groups excluding carboxylic acids is 2. The van der Waals surface area contributed by atoms with E-state index in [0.29, 0.717) is 34.4 Å². The topological polar surface area (TPSA) is 73.9 Å². The van der Waals surface area contributed by atoms with Gasteiger partial charge >= 0.3 is 5.97 Å². The molecule has 0 atom stereocenters. The fourth-order valence-corrected chi connectivity index (χ4v) is 2.47. The van der Waals surface area contributed by atoms with Gasteiger partial charge in [-0.25, -0.2) is 0 Å². The Morgan fingerprint density at radius 3 is 2.62 bits per heavy atom. The summed E-state index contributed by atoms with van der Waals surface area (Å²) in [6.45, 7) is 1.93. The third-order valence-electron chi connectivity index (χ3n) is 3.40. The summed E-state index contributed by atoms with van der Waals surface area (Å²) in [5.41, 5.74) is 1.11. The van der Waals surface area contributed by atoms with Gasteiger partial charge in [0.1, 0.15) is 11.5 Å². The molecule has 6 nitrogen and oxygen atoms in total. The molecule has 0 aromatic heterocycles. The average Bonchev–Trinajstić information content (AvgIpc) is 2.62. The van der Waals surface area contributed by atoms with E-state index in [1.54, 1.807) is 42.5 Å². The molecule has 0 unspecified atom stereocenters. The lowest BCUT2D eigenvalue weighted by Gasteiger charge is -2.12. The molecule has 0 radical (unpaired) electrons. The lowest BCUT2D eigenvalue weighted by atomic mass is 10.1. The number of hydrogen-bond acceptors (Lipinski definition) is 5. The second kappa shape index (κ2) is 9.68. The standard InChI is InChI=1S/C19H20ClNO5/c1-3-25-17-7-5-4-6-15(17)21-18(22)12-26-19(23)11-13-10-14(20)8-9-16(13)24-2/h4-10H,3,11-12H2,1-2H3,(H,21,22). The van der Waals surface area contributed by atoms with Gasteiger partial charge in [0, 0.05) is 10.6 Å². The Kier molecular flexibility index (Phi) is 7.29. The molecule has 0 spiro atoms. The van der Waals surface area contributed by atoms with Gasteiger partial charge in [0.05, 0.1) is 25.8 Å². The molecule has 0 saturated heterocycles. The first-order valence-corrected chi connectivity index (χ1v) is 8.41. The Morgan fingerprint density at radius 2 is 1.88 bits per heavy atom. The molecular formula is C19H20ClNO5. The summed E-state index contributed by atoms with van der Waals surface area (Å²) in [6, 6.07) is 12.0. The maximum absolute atomic E-state index is 12.0. The largest absolute Gasteiger partial charge is 0.496 e. The molecule has 0 aliphatic carbocycles. The molecule has 0 aliphatic rings. The number of methoxy groups -OCH3 is 1. The maximum atomic E-state index is 12.0. The monoisotopic (exact) mass is 377 g/mol. The van der Waals surface area contributed by atoms with Crippen molar-refractivity contribution in [3.63, 3.8) is 0 Å². The van der Waals surface area contributed by atoms with Crippen molar-refractivity contribution in [2.24, 2.45) is 0 Å². The normalized spacial score (nSPS) is 10.1. The summed E-state index contributed by atoms with van der Waals surface area (Å²) < 4.78 is 15.6. The predicted molar refractivity (Wildman–Crippen MR) is 98.9 cm³/mol. The Morgan fingerprint density at radius 1 is 1.12 bits per heavy atom. The maximum Gasteiger partial charge on any atom is 0.310 e. The molecule has 0 saturated carbocycles. The summed E-state index contributed by atoms with van der Waals surface area (Å²) in [5.74, 6) is 0.0714. The second-order valence-electron chi connectivity index (χ2n) is 5.27. The number of esters is 1. The molecule has 0 bridgehead atoms. The Labute approximate surface area is 157 Å². The Bertz CT molecular complexity index is 778. The summed E-state index contributed by atoms with van der Waals surface area (Å²) in [4.78, 5) is 24.0. The summed E-state index contributed by atoms with van der Waals surface area (Å²) in [5, 5.41) is 3.14. The number of benzene rings is 2. The van der Waals surface area contributed by atoms with Crippen LogP contribution >= 0.6 is 11.6 Å². The third kappa shape index (κ3) is 5.67. The molecule has 2 rings (SSSR count). The molecule has 2 aromatic carbocycles. The van der Waals surface area contributed by atoms with E-state index in [1.807, 2.05) is 6.92 Å². The lowest BCUT2D eigenvalue weighted by molar-refractivity contribution is -0.146. The van der Waals surface area contributed by atoms with Gasteiger partial charge in [-0.2, -0.15) is 0 Å². The van der Waals surface area contributed by atoms with Crippen LogP contribution in [0, 0.1) is 0 Å². The highest BCUT2D eigenvalue weighted by Crippen LogP contribution is 2.24. The van der Waals surface area contributed by atoms with Gasteiger partial charge in [-0.3, -0.25) is 9.59 Å². The van der Waals surface area contributed by atoms with Gasteiger partial charge in [0.15, 0.2) is 6.61 Å². The van der Waals surface area contributed by atoms with Gasteiger partial charge < -0.3 is 19.5 Å². The van der Waals surface area contributed by atoms with E-state index < -0.39 is 18.5 Å². The first-order valence-electron chi connectivity index (χ1n) is 8.03. The van der Waals surface area contributed by atoms with Crippen LogP contribution in [-0.4, -0.2) is 32.2 Å². The van der Waals surface area contributed by atoms with Gasteiger partial charge in [-0.15, -0.1) is 0 Å². The van der Waals surface area contributed by atoms with Crippen LogP contribution in [-0.2, 0) is 20.7 Å². The van der Waals surface area contributed by atoms with Crippen molar-refractivity contribution in [2.45, 2.75) is 13.3 Å².